The van der Waals surface area contributed by atoms with Crippen LogP contribution in [-0.2, 0) is 11.3 Å². The molecule has 3 heterocycles. The Kier molecular flexibility index (Phi) is 4.41. The minimum atomic E-state index is -0.400. The summed E-state index contributed by atoms with van der Waals surface area (Å²) in [6, 6.07) is 15.5. The number of thiophene rings is 2. The molecule has 0 aliphatic rings. The molecule has 0 unspecified atom stereocenters. The van der Waals surface area contributed by atoms with E-state index in [4.69, 9.17) is 9.26 Å². The average Bonchev–Trinajstić information content (AvgIpc) is 3.41. The number of hydrogen-bond donors (Lipinski definition) is 0. The highest BCUT2D eigenvalue weighted by atomic mass is 32.1. The number of nitrogens with zero attached hydrogens (tertiary/aromatic N) is 2. The van der Waals surface area contributed by atoms with E-state index in [1.165, 1.54) is 22.7 Å². The molecule has 5 nitrogen and oxygen atoms in total. The van der Waals surface area contributed by atoms with Gasteiger partial charge in [-0.2, -0.15) is 4.98 Å². The van der Waals surface area contributed by atoms with E-state index >= 15 is 0 Å². The zero-order valence-corrected chi connectivity index (χ0v) is 14.5. The summed E-state index contributed by atoms with van der Waals surface area (Å²) < 4.78 is 10.4. The van der Waals surface area contributed by atoms with Gasteiger partial charge in [-0.25, -0.2) is 4.79 Å². The van der Waals surface area contributed by atoms with Gasteiger partial charge in [-0.05, 0) is 34.0 Å². The fourth-order valence-electron chi connectivity index (χ4n) is 2.24. The third kappa shape index (κ3) is 3.52. The number of rotatable bonds is 5. The maximum Gasteiger partial charge on any atom is 0.348 e. The summed E-state index contributed by atoms with van der Waals surface area (Å²) in [7, 11) is 0. The lowest BCUT2D eigenvalue weighted by Crippen LogP contribution is -2.03. The first kappa shape index (κ1) is 15.7. The molecule has 4 aromatic rings. The number of hydrogen-bond acceptors (Lipinski definition) is 7. The van der Waals surface area contributed by atoms with Gasteiger partial charge in [0.15, 0.2) is 6.61 Å². The Morgan fingerprint density at radius 2 is 1.96 bits per heavy atom. The van der Waals surface area contributed by atoms with E-state index in [0.29, 0.717) is 10.7 Å². The van der Waals surface area contributed by atoms with Crippen molar-refractivity contribution in [3.8, 4) is 21.8 Å². The van der Waals surface area contributed by atoms with E-state index in [0.717, 1.165) is 16.0 Å². The standard InChI is InChI=1S/C18H12N2O3S2/c21-18(15-9-13(11-25-15)12-5-2-1-3-6-12)22-10-16-19-17(20-23-16)14-7-4-8-24-14/h1-9,11H,10H2. The average molecular weight is 368 g/mol. The van der Waals surface area contributed by atoms with Crippen LogP contribution in [0.25, 0.3) is 21.8 Å². The van der Waals surface area contributed by atoms with Crippen molar-refractivity contribution in [3.05, 3.63) is 70.1 Å². The topological polar surface area (TPSA) is 65.2 Å². The van der Waals surface area contributed by atoms with Gasteiger partial charge >= 0.3 is 5.97 Å². The molecular weight excluding hydrogens is 356 g/mol. The molecule has 0 fully saturated rings. The van der Waals surface area contributed by atoms with Gasteiger partial charge in [0.05, 0.1) is 4.88 Å². The Balaban J connectivity index is 1.40. The summed E-state index contributed by atoms with van der Waals surface area (Å²) >= 11 is 2.87. The molecule has 7 heteroatoms. The maximum atomic E-state index is 12.2. The number of carbonyl (C=O) groups is 1. The van der Waals surface area contributed by atoms with E-state index in [-0.39, 0.29) is 12.5 Å². The van der Waals surface area contributed by atoms with Crippen molar-refractivity contribution in [1.29, 1.82) is 0 Å². The van der Waals surface area contributed by atoms with Crippen LogP contribution in [0.3, 0.4) is 0 Å². The lowest BCUT2D eigenvalue weighted by Gasteiger charge is -1.98. The smallest absolute Gasteiger partial charge is 0.348 e. The van der Waals surface area contributed by atoms with Gasteiger partial charge in [-0.1, -0.05) is 41.6 Å². The molecule has 0 atom stereocenters. The summed E-state index contributed by atoms with van der Waals surface area (Å²) in [4.78, 5) is 17.9. The van der Waals surface area contributed by atoms with E-state index in [9.17, 15) is 4.79 Å². The number of aromatic nitrogens is 2. The number of esters is 1. The van der Waals surface area contributed by atoms with Crippen molar-refractivity contribution < 1.29 is 14.1 Å². The highest BCUT2D eigenvalue weighted by Gasteiger charge is 2.15. The predicted octanol–water partition coefficient (Wildman–Crippen LogP) is 4.88. The highest BCUT2D eigenvalue weighted by Crippen LogP contribution is 2.26. The first-order chi connectivity index (χ1) is 12.3. The van der Waals surface area contributed by atoms with Gasteiger partial charge in [0.1, 0.15) is 4.88 Å². The van der Waals surface area contributed by atoms with Gasteiger partial charge in [0.25, 0.3) is 5.89 Å². The molecule has 0 spiro atoms. The summed E-state index contributed by atoms with van der Waals surface area (Å²) in [5.41, 5.74) is 2.06. The molecule has 25 heavy (non-hydrogen) atoms. The summed E-state index contributed by atoms with van der Waals surface area (Å²) in [6.45, 7) is -0.0459. The first-order valence-corrected chi connectivity index (χ1v) is 9.23. The van der Waals surface area contributed by atoms with Crippen LogP contribution in [0.4, 0.5) is 0 Å². The normalized spacial score (nSPS) is 10.7. The molecule has 0 saturated carbocycles. The molecule has 0 amide bonds. The Morgan fingerprint density at radius 1 is 1.08 bits per heavy atom. The molecule has 124 valence electrons. The lowest BCUT2D eigenvalue weighted by molar-refractivity contribution is 0.0435. The molecule has 0 N–H and O–H groups in total. The second-order valence-electron chi connectivity index (χ2n) is 5.13. The Labute approximate surface area is 151 Å². The van der Waals surface area contributed by atoms with Crippen LogP contribution in [0.15, 0.2) is 63.8 Å². The van der Waals surface area contributed by atoms with Crippen LogP contribution in [0.5, 0.6) is 0 Å². The molecule has 3 aromatic heterocycles. The summed E-state index contributed by atoms with van der Waals surface area (Å²) in [6.07, 6.45) is 0. The molecule has 4 rings (SSSR count). The van der Waals surface area contributed by atoms with Gasteiger partial charge in [0, 0.05) is 0 Å². The van der Waals surface area contributed by atoms with Crippen molar-refractivity contribution in [2.24, 2.45) is 0 Å². The van der Waals surface area contributed by atoms with Crippen molar-refractivity contribution in [2.75, 3.05) is 0 Å². The van der Waals surface area contributed by atoms with Crippen molar-refractivity contribution >= 4 is 28.6 Å². The van der Waals surface area contributed by atoms with E-state index in [2.05, 4.69) is 10.1 Å². The van der Waals surface area contributed by atoms with Crippen LogP contribution in [0, 0.1) is 0 Å². The lowest BCUT2D eigenvalue weighted by atomic mass is 10.1. The quantitative estimate of drug-likeness (QED) is 0.470. The van der Waals surface area contributed by atoms with E-state index < -0.39 is 5.97 Å². The maximum absolute atomic E-state index is 12.2. The minimum absolute atomic E-state index is 0.0459. The van der Waals surface area contributed by atoms with Gasteiger partial charge < -0.3 is 9.26 Å². The van der Waals surface area contributed by atoms with Crippen LogP contribution >= 0.6 is 22.7 Å². The molecule has 0 bridgehead atoms. The highest BCUT2D eigenvalue weighted by molar-refractivity contribution is 7.13. The third-order valence-electron chi connectivity index (χ3n) is 3.44. The number of carbonyl (C=O) groups excluding carboxylic acids is 1. The summed E-state index contributed by atoms with van der Waals surface area (Å²) in [5.74, 6) is 0.378. The fourth-order valence-corrected chi connectivity index (χ4v) is 3.70. The predicted molar refractivity (Wildman–Crippen MR) is 96.5 cm³/mol. The van der Waals surface area contributed by atoms with Crippen LogP contribution in [-0.4, -0.2) is 16.1 Å². The number of ether oxygens (including phenoxy) is 1. The minimum Gasteiger partial charge on any atom is -0.451 e. The number of benzene rings is 1. The third-order valence-corrected chi connectivity index (χ3v) is 5.22. The van der Waals surface area contributed by atoms with E-state index in [1.54, 1.807) is 0 Å². The van der Waals surface area contributed by atoms with Crippen LogP contribution in [0.2, 0.25) is 0 Å². The Bertz CT molecular complexity index is 975. The SMILES string of the molecule is O=C(OCc1nc(-c2cccs2)no1)c1cc(-c2ccccc2)cs1. The first-order valence-electron chi connectivity index (χ1n) is 7.47. The van der Waals surface area contributed by atoms with Crippen molar-refractivity contribution in [2.45, 2.75) is 6.61 Å². The van der Waals surface area contributed by atoms with Crippen LogP contribution < -0.4 is 0 Å². The van der Waals surface area contributed by atoms with Crippen molar-refractivity contribution in [3.63, 3.8) is 0 Å². The Morgan fingerprint density at radius 3 is 2.76 bits per heavy atom. The molecule has 0 saturated heterocycles. The molecular formula is C18H12N2O3S2. The second-order valence-corrected chi connectivity index (χ2v) is 6.99. The fraction of sp³-hybridized carbons (Fsp3) is 0.0556. The van der Waals surface area contributed by atoms with Gasteiger partial charge in [-0.15, -0.1) is 22.7 Å². The van der Waals surface area contributed by atoms with Crippen molar-refractivity contribution in [1.82, 2.24) is 10.1 Å². The molecule has 0 aliphatic carbocycles. The van der Waals surface area contributed by atoms with Gasteiger partial charge in [0.2, 0.25) is 5.82 Å². The monoisotopic (exact) mass is 368 g/mol. The largest absolute Gasteiger partial charge is 0.451 e. The zero-order chi connectivity index (χ0) is 17.1. The van der Waals surface area contributed by atoms with Gasteiger partial charge in [-0.3, -0.25) is 0 Å². The molecule has 0 aliphatic heterocycles. The summed E-state index contributed by atoms with van der Waals surface area (Å²) in [5, 5.41) is 7.76. The second kappa shape index (κ2) is 7.00. The van der Waals surface area contributed by atoms with E-state index in [1.807, 2.05) is 59.3 Å². The molecule has 1 aromatic carbocycles. The Hall–Kier alpha value is -2.77. The zero-order valence-electron chi connectivity index (χ0n) is 12.9. The molecule has 0 radical (unpaired) electrons. The van der Waals surface area contributed by atoms with Crippen LogP contribution in [0.1, 0.15) is 15.6 Å².